The number of hydrogen-bond acceptors (Lipinski definition) is 3. The highest BCUT2D eigenvalue weighted by Crippen LogP contribution is 2.36. The van der Waals surface area contributed by atoms with Gasteiger partial charge >= 0.3 is 5.97 Å². The first-order valence-corrected chi connectivity index (χ1v) is 5.41. The van der Waals surface area contributed by atoms with Crippen LogP contribution in [0.5, 0.6) is 0 Å². The average molecular weight is 272 g/mol. The van der Waals surface area contributed by atoms with E-state index in [1.807, 2.05) is 6.07 Å². The molecule has 0 fully saturated rings. The lowest BCUT2D eigenvalue weighted by Crippen LogP contribution is -1.91. The molecular weight excluding hydrogens is 266 g/mol. The minimum atomic E-state index is -0.920. The van der Waals surface area contributed by atoms with Gasteiger partial charge in [-0.25, -0.2) is 4.79 Å². The van der Waals surface area contributed by atoms with Gasteiger partial charge in [-0.2, -0.15) is 0 Å². The van der Waals surface area contributed by atoms with E-state index in [0.29, 0.717) is 15.0 Å². The van der Waals surface area contributed by atoms with Crippen molar-refractivity contribution in [3.05, 3.63) is 27.5 Å². The van der Waals surface area contributed by atoms with Crippen LogP contribution in [0.4, 0.5) is 5.69 Å². The van der Waals surface area contributed by atoms with Crippen LogP contribution in [0.1, 0.15) is 9.67 Å². The molecule has 14 heavy (non-hydrogen) atoms. The highest BCUT2D eigenvalue weighted by molar-refractivity contribution is 9.10. The molecule has 0 aliphatic carbocycles. The zero-order valence-corrected chi connectivity index (χ0v) is 9.35. The monoisotopic (exact) mass is 271 g/mol. The standard InChI is InChI=1S/C9H6BrNO2S/c10-7-5-2-1-4(11)3-6(5)14-8(7)9(12)13/h1-3H,11H2,(H,12,13). The highest BCUT2D eigenvalue weighted by atomic mass is 79.9. The van der Waals surface area contributed by atoms with Crippen molar-refractivity contribution in [3.8, 4) is 0 Å². The van der Waals surface area contributed by atoms with E-state index in [-0.39, 0.29) is 0 Å². The predicted octanol–water partition coefficient (Wildman–Crippen LogP) is 2.94. The Morgan fingerprint density at radius 3 is 2.86 bits per heavy atom. The molecule has 5 heteroatoms. The van der Waals surface area contributed by atoms with E-state index < -0.39 is 5.97 Å². The van der Waals surface area contributed by atoms with Gasteiger partial charge in [0.25, 0.3) is 0 Å². The Bertz CT molecular complexity index is 521. The summed E-state index contributed by atoms with van der Waals surface area (Å²) in [5.74, 6) is -0.920. The molecule has 0 bridgehead atoms. The molecule has 1 aromatic heterocycles. The number of thiophene rings is 1. The van der Waals surface area contributed by atoms with Crippen LogP contribution >= 0.6 is 27.3 Å². The minimum absolute atomic E-state index is 0.311. The Kier molecular flexibility index (Phi) is 2.20. The molecule has 0 saturated carbocycles. The number of anilines is 1. The van der Waals surface area contributed by atoms with Crippen LogP contribution in [0.2, 0.25) is 0 Å². The third-order valence-electron chi connectivity index (χ3n) is 1.85. The fourth-order valence-corrected chi connectivity index (χ4v) is 3.09. The molecule has 0 atom stereocenters. The van der Waals surface area contributed by atoms with Gasteiger partial charge in [0.05, 0.1) is 4.47 Å². The smallest absolute Gasteiger partial charge is 0.347 e. The number of carboxylic acids is 1. The number of halogens is 1. The summed E-state index contributed by atoms with van der Waals surface area (Å²) >= 11 is 4.49. The zero-order chi connectivity index (χ0) is 10.3. The quantitative estimate of drug-likeness (QED) is 0.784. The predicted molar refractivity (Wildman–Crippen MR) is 60.9 cm³/mol. The van der Waals surface area contributed by atoms with E-state index in [1.54, 1.807) is 12.1 Å². The molecule has 1 aromatic carbocycles. The largest absolute Gasteiger partial charge is 0.477 e. The molecule has 0 aliphatic rings. The average Bonchev–Trinajstić information content (AvgIpc) is 2.43. The van der Waals surface area contributed by atoms with Gasteiger partial charge in [-0.15, -0.1) is 11.3 Å². The second kappa shape index (κ2) is 3.25. The molecule has 0 unspecified atom stereocenters. The fraction of sp³-hybridized carbons (Fsp3) is 0. The van der Waals surface area contributed by atoms with E-state index in [1.165, 1.54) is 11.3 Å². The third kappa shape index (κ3) is 1.38. The van der Waals surface area contributed by atoms with Crippen molar-refractivity contribution in [2.24, 2.45) is 0 Å². The molecule has 0 spiro atoms. The van der Waals surface area contributed by atoms with Crippen LogP contribution in [0.15, 0.2) is 22.7 Å². The van der Waals surface area contributed by atoms with Crippen molar-refractivity contribution in [2.75, 3.05) is 5.73 Å². The molecular formula is C9H6BrNO2S. The number of nitrogen functional groups attached to an aromatic ring is 1. The Morgan fingerprint density at radius 1 is 1.50 bits per heavy atom. The van der Waals surface area contributed by atoms with Crippen molar-refractivity contribution in [3.63, 3.8) is 0 Å². The van der Waals surface area contributed by atoms with Gasteiger partial charge < -0.3 is 10.8 Å². The fourth-order valence-electron chi connectivity index (χ4n) is 1.22. The number of hydrogen-bond donors (Lipinski definition) is 2. The lowest BCUT2D eigenvalue weighted by atomic mass is 10.2. The Morgan fingerprint density at radius 2 is 2.21 bits per heavy atom. The summed E-state index contributed by atoms with van der Waals surface area (Å²) in [6.45, 7) is 0. The van der Waals surface area contributed by atoms with Gasteiger partial charge in [-0.1, -0.05) is 6.07 Å². The van der Waals surface area contributed by atoms with Gasteiger partial charge in [0.15, 0.2) is 0 Å². The molecule has 0 aliphatic heterocycles. The summed E-state index contributed by atoms with van der Waals surface area (Å²) in [5, 5.41) is 9.78. The van der Waals surface area contributed by atoms with Gasteiger partial charge in [0.1, 0.15) is 4.88 Å². The van der Waals surface area contributed by atoms with Crippen LogP contribution in [-0.4, -0.2) is 11.1 Å². The van der Waals surface area contributed by atoms with Crippen molar-refractivity contribution >= 4 is 49.0 Å². The lowest BCUT2D eigenvalue weighted by molar-refractivity contribution is 0.0701. The maximum absolute atomic E-state index is 10.8. The first kappa shape index (κ1) is 9.48. The number of nitrogens with two attached hydrogens (primary N) is 1. The lowest BCUT2D eigenvalue weighted by Gasteiger charge is -1.92. The third-order valence-corrected chi connectivity index (χ3v) is 4.07. The normalized spacial score (nSPS) is 10.6. The second-order valence-electron chi connectivity index (χ2n) is 2.81. The maximum Gasteiger partial charge on any atom is 0.347 e. The number of rotatable bonds is 1. The van der Waals surface area contributed by atoms with Crippen LogP contribution in [0.3, 0.4) is 0 Å². The molecule has 0 amide bonds. The van der Waals surface area contributed by atoms with Crippen LogP contribution in [-0.2, 0) is 0 Å². The molecule has 3 N–H and O–H groups in total. The summed E-state index contributed by atoms with van der Waals surface area (Å²) in [6, 6.07) is 5.35. The maximum atomic E-state index is 10.8. The van der Waals surface area contributed by atoms with E-state index in [4.69, 9.17) is 10.8 Å². The van der Waals surface area contributed by atoms with E-state index in [0.717, 1.165) is 10.1 Å². The molecule has 72 valence electrons. The van der Waals surface area contributed by atoms with Crippen LogP contribution < -0.4 is 5.73 Å². The van der Waals surface area contributed by atoms with E-state index >= 15 is 0 Å². The summed E-state index contributed by atoms with van der Waals surface area (Å²) < 4.78 is 1.51. The van der Waals surface area contributed by atoms with Crippen LogP contribution in [0, 0.1) is 0 Å². The molecule has 2 rings (SSSR count). The van der Waals surface area contributed by atoms with Crippen molar-refractivity contribution < 1.29 is 9.90 Å². The van der Waals surface area contributed by atoms with Crippen molar-refractivity contribution in [2.45, 2.75) is 0 Å². The zero-order valence-electron chi connectivity index (χ0n) is 6.95. The minimum Gasteiger partial charge on any atom is -0.477 e. The summed E-state index contributed by atoms with van der Waals surface area (Å²) in [7, 11) is 0. The molecule has 0 saturated heterocycles. The molecule has 3 nitrogen and oxygen atoms in total. The molecule has 1 heterocycles. The van der Waals surface area contributed by atoms with Crippen molar-refractivity contribution in [1.82, 2.24) is 0 Å². The molecule has 2 aromatic rings. The Hall–Kier alpha value is -1.07. The summed E-state index contributed by atoms with van der Waals surface area (Å²) in [4.78, 5) is 11.1. The summed E-state index contributed by atoms with van der Waals surface area (Å²) in [6.07, 6.45) is 0. The van der Waals surface area contributed by atoms with E-state index in [9.17, 15) is 4.79 Å². The van der Waals surface area contributed by atoms with Gasteiger partial charge in [0, 0.05) is 15.8 Å². The first-order valence-electron chi connectivity index (χ1n) is 3.80. The second-order valence-corrected chi connectivity index (χ2v) is 4.65. The summed E-state index contributed by atoms with van der Waals surface area (Å²) in [5.41, 5.74) is 6.25. The number of carboxylic acid groups (broad SMARTS) is 1. The topological polar surface area (TPSA) is 63.3 Å². The van der Waals surface area contributed by atoms with Gasteiger partial charge in [0.2, 0.25) is 0 Å². The highest BCUT2D eigenvalue weighted by Gasteiger charge is 2.15. The SMILES string of the molecule is Nc1ccc2c(Br)c(C(=O)O)sc2c1. The Balaban J connectivity index is 2.79. The van der Waals surface area contributed by atoms with E-state index in [2.05, 4.69) is 15.9 Å². The number of fused-ring (bicyclic) bond motifs is 1. The van der Waals surface area contributed by atoms with Crippen molar-refractivity contribution in [1.29, 1.82) is 0 Å². The number of aromatic carboxylic acids is 1. The first-order chi connectivity index (χ1) is 6.59. The number of carbonyl (C=O) groups is 1. The van der Waals surface area contributed by atoms with Crippen LogP contribution in [0.25, 0.3) is 10.1 Å². The number of benzene rings is 1. The van der Waals surface area contributed by atoms with Gasteiger partial charge in [-0.3, -0.25) is 0 Å². The Labute approximate surface area is 92.3 Å². The van der Waals surface area contributed by atoms with Gasteiger partial charge in [-0.05, 0) is 28.1 Å². The molecule has 0 radical (unpaired) electrons.